The summed E-state index contributed by atoms with van der Waals surface area (Å²) in [6, 6.07) is 4.51. The van der Waals surface area contributed by atoms with Gasteiger partial charge in [-0.3, -0.25) is 14.4 Å². The fourth-order valence-electron chi connectivity index (χ4n) is 3.34. The van der Waals surface area contributed by atoms with E-state index >= 15 is 0 Å². The topological polar surface area (TPSA) is 104 Å². The Morgan fingerprint density at radius 2 is 1.85 bits per heavy atom. The minimum Gasteiger partial charge on any atom is -0.335 e. The summed E-state index contributed by atoms with van der Waals surface area (Å²) >= 11 is 5.91. The van der Waals surface area contributed by atoms with Crippen molar-refractivity contribution in [2.24, 2.45) is 7.05 Å². The summed E-state index contributed by atoms with van der Waals surface area (Å²) in [6.45, 7) is 0. The zero-order chi connectivity index (χ0) is 24.7. The minimum absolute atomic E-state index is 0.0857. The minimum atomic E-state index is -4.82. The highest BCUT2D eigenvalue weighted by Crippen LogP contribution is 2.45. The van der Waals surface area contributed by atoms with Crippen molar-refractivity contribution >= 4 is 34.9 Å². The maximum absolute atomic E-state index is 15.0. The molecule has 3 rings (SSSR count). The Morgan fingerprint density at radius 3 is 2.36 bits per heavy atom. The number of Topliss-reactive ketones (excluding diaryl/α,β-unsaturated/α-hetero) is 1. The summed E-state index contributed by atoms with van der Waals surface area (Å²) in [6.07, 6.45) is -5.51. The number of carbonyl (C=O) groups is 3. The maximum atomic E-state index is 15.0. The van der Waals surface area contributed by atoms with Gasteiger partial charge in [0.05, 0.1) is 5.56 Å². The van der Waals surface area contributed by atoms with E-state index in [4.69, 9.17) is 16.9 Å². The first kappa shape index (κ1) is 24.2. The van der Waals surface area contributed by atoms with Gasteiger partial charge in [0.25, 0.3) is 17.6 Å². The number of halogens is 6. The summed E-state index contributed by atoms with van der Waals surface area (Å²) < 4.78 is 69.0. The van der Waals surface area contributed by atoms with E-state index in [9.17, 15) is 36.3 Å². The molecule has 174 valence electrons. The molecule has 1 saturated carbocycles. The Balaban J connectivity index is 1.89. The first-order valence-corrected chi connectivity index (χ1v) is 9.69. The number of nitriles is 1. The van der Waals surface area contributed by atoms with Crippen LogP contribution in [0.25, 0.3) is 0 Å². The third-order valence-electron chi connectivity index (χ3n) is 5.36. The molecule has 0 radical (unpaired) electrons. The molecule has 2 aromatic rings. The molecule has 0 aliphatic heterocycles. The van der Waals surface area contributed by atoms with Gasteiger partial charge in [-0.2, -0.15) is 18.4 Å². The molecule has 2 amide bonds. The van der Waals surface area contributed by atoms with E-state index in [-0.39, 0.29) is 12.1 Å². The second-order valence-corrected chi connectivity index (χ2v) is 7.72. The molecule has 2 N–H and O–H groups in total. The summed E-state index contributed by atoms with van der Waals surface area (Å²) in [5.74, 6) is -6.96. The van der Waals surface area contributed by atoms with Crippen LogP contribution in [0.2, 0.25) is 5.15 Å². The molecule has 13 heteroatoms. The van der Waals surface area contributed by atoms with Crippen LogP contribution in [-0.2, 0) is 11.8 Å². The van der Waals surface area contributed by atoms with Crippen molar-refractivity contribution in [1.82, 2.24) is 9.88 Å². The summed E-state index contributed by atoms with van der Waals surface area (Å²) in [7, 11) is 1.09. The lowest BCUT2D eigenvalue weighted by Crippen LogP contribution is -2.64. The molecule has 7 nitrogen and oxygen atoms in total. The monoisotopic (exact) mass is 488 g/mol. The fourth-order valence-corrected chi connectivity index (χ4v) is 3.60. The van der Waals surface area contributed by atoms with Crippen molar-refractivity contribution in [3.63, 3.8) is 0 Å². The van der Waals surface area contributed by atoms with Gasteiger partial charge in [0.2, 0.25) is 0 Å². The number of rotatable bonds is 5. The molecule has 0 atom stereocenters. The Bertz CT molecular complexity index is 1210. The van der Waals surface area contributed by atoms with Gasteiger partial charge in [-0.15, -0.1) is 0 Å². The molecule has 1 fully saturated rings. The first-order valence-electron chi connectivity index (χ1n) is 9.31. The Morgan fingerprint density at radius 1 is 1.21 bits per heavy atom. The van der Waals surface area contributed by atoms with Gasteiger partial charge >= 0.3 is 6.18 Å². The van der Waals surface area contributed by atoms with Gasteiger partial charge in [0.15, 0.2) is 5.82 Å². The van der Waals surface area contributed by atoms with Gasteiger partial charge in [-0.25, -0.2) is 8.78 Å². The number of aromatic nitrogens is 1. The third-order valence-corrected chi connectivity index (χ3v) is 5.80. The van der Waals surface area contributed by atoms with Gasteiger partial charge in [-0.1, -0.05) is 11.6 Å². The number of ketones is 1. The number of alkyl halides is 3. The van der Waals surface area contributed by atoms with Gasteiger partial charge < -0.3 is 15.2 Å². The second kappa shape index (κ2) is 8.47. The smallest absolute Gasteiger partial charge is 0.335 e. The highest BCUT2D eigenvalue weighted by molar-refractivity contribution is 6.47. The van der Waals surface area contributed by atoms with Crippen LogP contribution in [0.1, 0.15) is 45.7 Å². The number of benzene rings is 1. The Labute approximate surface area is 188 Å². The summed E-state index contributed by atoms with van der Waals surface area (Å²) in [4.78, 5) is 37.2. The van der Waals surface area contributed by atoms with Crippen LogP contribution in [0.5, 0.6) is 0 Å². The van der Waals surface area contributed by atoms with Gasteiger partial charge in [0, 0.05) is 12.7 Å². The molecular weight excluding hydrogens is 475 g/mol. The molecule has 1 aromatic heterocycles. The van der Waals surface area contributed by atoms with Gasteiger partial charge in [0.1, 0.15) is 33.8 Å². The average molecular weight is 489 g/mol. The molecule has 0 bridgehead atoms. The number of amides is 2. The number of anilines is 1. The van der Waals surface area contributed by atoms with Crippen molar-refractivity contribution in [2.75, 3.05) is 5.32 Å². The number of nitrogens with one attached hydrogen (secondary N) is 2. The standard InChI is InChI=1S/C20H14ClF5N4O3/c1-30-14(17(32)28-10-3-4-11(22)9(7-10)8-27)13(23)12(16(30)21)15(31)18(33)29-19(5-2-6-19)20(24,25)26/h3-4,7H,2,5-6H2,1H3,(H,28,32)(H,29,33). The fraction of sp³-hybridized carbons (Fsp3) is 0.300. The SMILES string of the molecule is Cn1c(Cl)c(C(=O)C(=O)NC2(C(F)(F)F)CCC2)c(F)c1C(=O)Nc1ccc(F)c(C#N)c1. The Hall–Kier alpha value is -3.46. The molecular formula is C20H14ClF5N4O3. The first-order chi connectivity index (χ1) is 15.3. The summed E-state index contributed by atoms with van der Waals surface area (Å²) in [5, 5.41) is 12.0. The van der Waals surface area contributed by atoms with Crippen LogP contribution in [0.15, 0.2) is 18.2 Å². The predicted molar refractivity (Wildman–Crippen MR) is 105 cm³/mol. The van der Waals surface area contributed by atoms with Crippen LogP contribution < -0.4 is 10.6 Å². The lowest BCUT2D eigenvalue weighted by atomic mass is 9.76. The molecule has 1 heterocycles. The van der Waals surface area contributed by atoms with Crippen LogP contribution in [0.3, 0.4) is 0 Å². The van der Waals surface area contributed by atoms with E-state index in [1.54, 1.807) is 11.4 Å². The molecule has 0 spiro atoms. The van der Waals surface area contributed by atoms with Crippen LogP contribution >= 0.6 is 11.6 Å². The summed E-state index contributed by atoms with van der Waals surface area (Å²) in [5.41, 5.74) is -4.96. The highest BCUT2D eigenvalue weighted by atomic mass is 35.5. The van der Waals surface area contributed by atoms with Crippen LogP contribution in [0.4, 0.5) is 27.6 Å². The highest BCUT2D eigenvalue weighted by Gasteiger charge is 2.59. The van der Waals surface area contributed by atoms with Crippen LogP contribution in [0, 0.1) is 23.0 Å². The molecule has 0 unspecified atom stereocenters. The number of carbonyl (C=O) groups excluding carboxylic acids is 3. The lowest BCUT2D eigenvalue weighted by Gasteiger charge is -2.43. The molecule has 33 heavy (non-hydrogen) atoms. The van der Waals surface area contributed by atoms with Crippen LogP contribution in [-0.4, -0.2) is 33.9 Å². The molecule has 1 aliphatic carbocycles. The predicted octanol–water partition coefficient (Wildman–Crippen LogP) is 3.86. The van der Waals surface area contributed by atoms with Crippen molar-refractivity contribution < 1.29 is 36.3 Å². The molecule has 1 aliphatic rings. The molecule has 1 aromatic carbocycles. The maximum Gasteiger partial charge on any atom is 0.411 e. The zero-order valence-electron chi connectivity index (χ0n) is 16.7. The van der Waals surface area contributed by atoms with E-state index in [2.05, 4.69) is 5.32 Å². The normalized spacial score (nSPS) is 14.7. The van der Waals surface area contributed by atoms with E-state index in [1.807, 2.05) is 0 Å². The van der Waals surface area contributed by atoms with E-state index in [1.165, 1.54) is 0 Å². The molecule has 0 saturated heterocycles. The second-order valence-electron chi connectivity index (χ2n) is 7.36. The third kappa shape index (κ3) is 4.16. The quantitative estimate of drug-likeness (QED) is 0.379. The van der Waals surface area contributed by atoms with Crippen molar-refractivity contribution in [2.45, 2.75) is 31.0 Å². The van der Waals surface area contributed by atoms with E-state index < -0.39 is 75.8 Å². The van der Waals surface area contributed by atoms with E-state index in [0.29, 0.717) is 0 Å². The van der Waals surface area contributed by atoms with Crippen molar-refractivity contribution in [1.29, 1.82) is 5.26 Å². The van der Waals surface area contributed by atoms with Crippen molar-refractivity contribution in [3.8, 4) is 6.07 Å². The number of nitrogens with zero attached hydrogens (tertiary/aromatic N) is 2. The largest absolute Gasteiger partial charge is 0.411 e. The van der Waals surface area contributed by atoms with Crippen molar-refractivity contribution in [3.05, 3.63) is 51.8 Å². The van der Waals surface area contributed by atoms with Gasteiger partial charge in [-0.05, 0) is 37.5 Å². The lowest BCUT2D eigenvalue weighted by molar-refractivity contribution is -0.218. The van der Waals surface area contributed by atoms with E-state index in [0.717, 1.165) is 29.8 Å². The zero-order valence-corrected chi connectivity index (χ0v) is 17.5. The number of hydrogen-bond donors (Lipinski definition) is 2. The average Bonchev–Trinajstić information content (AvgIpc) is 2.92. The Kier molecular flexibility index (Phi) is 6.21. The number of hydrogen-bond acceptors (Lipinski definition) is 4.